The third-order valence-corrected chi connectivity index (χ3v) is 6.20. The van der Waals surface area contributed by atoms with Crippen LogP contribution in [0.15, 0.2) is 29.2 Å². The van der Waals surface area contributed by atoms with Crippen molar-refractivity contribution in [1.29, 1.82) is 0 Å². The van der Waals surface area contributed by atoms with E-state index in [1.54, 1.807) is 23.1 Å². The smallest absolute Gasteiger partial charge is 0.410 e. The molecule has 1 heterocycles. The van der Waals surface area contributed by atoms with Gasteiger partial charge >= 0.3 is 6.09 Å². The quantitative estimate of drug-likeness (QED) is 0.700. The number of benzene rings is 1. The third kappa shape index (κ3) is 5.96. The van der Waals surface area contributed by atoms with Gasteiger partial charge in [-0.2, -0.15) is 0 Å². The van der Waals surface area contributed by atoms with E-state index in [4.69, 9.17) is 4.74 Å². The molecule has 1 fully saturated rings. The lowest BCUT2D eigenvalue weighted by Crippen LogP contribution is -2.50. The average molecular weight is 447 g/mol. The lowest BCUT2D eigenvalue weighted by atomic mass is 10.0. The number of likely N-dealkylation sites (tertiary alicyclic amines) is 1. The normalized spacial score (nSPS) is 18.6. The fourth-order valence-corrected chi connectivity index (χ4v) is 4.35. The molecule has 1 aliphatic rings. The maximum absolute atomic E-state index is 12.6. The topological polar surface area (TPSA) is 75.7 Å². The predicted octanol–water partition coefficient (Wildman–Crippen LogP) is 3.65. The Labute approximate surface area is 164 Å². The molecule has 2 rings (SSSR count). The van der Waals surface area contributed by atoms with E-state index in [2.05, 4.69) is 20.7 Å². The molecule has 0 unspecified atom stereocenters. The minimum Gasteiger partial charge on any atom is -0.444 e. The maximum Gasteiger partial charge on any atom is 0.410 e. The summed E-state index contributed by atoms with van der Waals surface area (Å²) in [5.41, 5.74) is 0.315. The van der Waals surface area contributed by atoms with Crippen LogP contribution in [0.25, 0.3) is 0 Å². The van der Waals surface area contributed by atoms with Gasteiger partial charge in [0.15, 0.2) is 0 Å². The first-order chi connectivity index (χ1) is 12.1. The van der Waals surface area contributed by atoms with Gasteiger partial charge in [0.25, 0.3) is 0 Å². The molecule has 0 bridgehead atoms. The molecular weight excluding hydrogens is 420 g/mol. The van der Waals surface area contributed by atoms with Gasteiger partial charge in [-0.15, -0.1) is 0 Å². The number of piperidine rings is 1. The Balaban J connectivity index is 2.06. The highest BCUT2D eigenvalue weighted by molar-refractivity contribution is 9.08. The fraction of sp³-hybridized carbons (Fsp3) is 0.611. The molecule has 1 atom stereocenters. The van der Waals surface area contributed by atoms with Crippen molar-refractivity contribution in [1.82, 2.24) is 9.62 Å². The van der Waals surface area contributed by atoms with E-state index >= 15 is 0 Å². The number of hydrogen-bond donors (Lipinski definition) is 1. The van der Waals surface area contributed by atoms with Crippen LogP contribution < -0.4 is 4.72 Å². The third-order valence-electron chi connectivity index (χ3n) is 4.13. The Morgan fingerprint density at radius 2 is 2.08 bits per heavy atom. The number of sulfonamides is 1. The van der Waals surface area contributed by atoms with Crippen molar-refractivity contribution in [3.8, 4) is 0 Å². The van der Waals surface area contributed by atoms with Gasteiger partial charge in [0.2, 0.25) is 10.0 Å². The van der Waals surface area contributed by atoms with Crippen LogP contribution in [0, 0.1) is 0 Å². The fourth-order valence-electron chi connectivity index (χ4n) is 2.86. The van der Waals surface area contributed by atoms with Gasteiger partial charge in [0.05, 0.1) is 4.90 Å². The van der Waals surface area contributed by atoms with Crippen molar-refractivity contribution in [3.63, 3.8) is 0 Å². The van der Waals surface area contributed by atoms with Crippen LogP contribution in [0.4, 0.5) is 4.79 Å². The molecule has 0 saturated carbocycles. The zero-order chi connectivity index (χ0) is 19.4. The molecule has 0 aliphatic carbocycles. The summed E-state index contributed by atoms with van der Waals surface area (Å²) in [6.07, 6.45) is 2.23. The van der Waals surface area contributed by atoms with Gasteiger partial charge in [-0.05, 0) is 57.7 Å². The molecule has 1 saturated heterocycles. The molecule has 1 aromatic rings. The molecule has 1 N–H and O–H groups in total. The van der Waals surface area contributed by atoms with E-state index in [1.165, 1.54) is 0 Å². The first kappa shape index (κ1) is 21.2. The monoisotopic (exact) mass is 446 g/mol. The van der Waals surface area contributed by atoms with Crippen molar-refractivity contribution in [2.45, 2.75) is 61.9 Å². The molecule has 8 heteroatoms. The number of nitrogens with zero attached hydrogens (tertiary/aromatic N) is 1. The van der Waals surface area contributed by atoms with E-state index < -0.39 is 15.6 Å². The highest BCUT2D eigenvalue weighted by Crippen LogP contribution is 2.21. The second-order valence-corrected chi connectivity index (χ2v) is 9.78. The molecular formula is C18H27BrN2O4S. The summed E-state index contributed by atoms with van der Waals surface area (Å²) in [4.78, 5) is 14.3. The number of rotatable bonds is 5. The van der Waals surface area contributed by atoms with Crippen LogP contribution in [0.3, 0.4) is 0 Å². The number of halogens is 1. The number of amides is 1. The van der Waals surface area contributed by atoms with E-state index in [0.717, 1.165) is 24.8 Å². The Hall–Kier alpha value is -1.12. The number of nitrogens with one attached hydrogen (secondary N) is 1. The van der Waals surface area contributed by atoms with Crippen LogP contribution in [0.2, 0.25) is 0 Å². The largest absolute Gasteiger partial charge is 0.444 e. The summed E-state index contributed by atoms with van der Waals surface area (Å²) in [5.74, 6) is 0. The van der Waals surface area contributed by atoms with Gasteiger partial charge < -0.3 is 9.64 Å². The van der Waals surface area contributed by atoms with E-state index in [-0.39, 0.29) is 23.6 Å². The summed E-state index contributed by atoms with van der Waals surface area (Å²) < 4.78 is 33.3. The molecule has 1 aliphatic heterocycles. The van der Waals surface area contributed by atoms with Crippen LogP contribution >= 0.6 is 15.9 Å². The Morgan fingerprint density at radius 3 is 2.73 bits per heavy atom. The van der Waals surface area contributed by atoms with E-state index in [0.29, 0.717) is 11.9 Å². The van der Waals surface area contributed by atoms with Crippen LogP contribution in [-0.2, 0) is 20.1 Å². The van der Waals surface area contributed by atoms with Crippen LogP contribution in [0.5, 0.6) is 0 Å². The van der Waals surface area contributed by atoms with Crippen LogP contribution in [0.1, 0.15) is 45.6 Å². The minimum atomic E-state index is -3.63. The van der Waals surface area contributed by atoms with Gasteiger partial charge in [-0.1, -0.05) is 28.1 Å². The van der Waals surface area contributed by atoms with Gasteiger partial charge in [0, 0.05) is 24.5 Å². The summed E-state index contributed by atoms with van der Waals surface area (Å²) in [6.45, 7) is 6.23. The molecule has 0 spiro atoms. The summed E-state index contributed by atoms with van der Waals surface area (Å²) in [5, 5.41) is 0.589. The molecule has 146 valence electrons. The second kappa shape index (κ2) is 8.71. The number of hydrogen-bond acceptors (Lipinski definition) is 4. The zero-order valence-corrected chi connectivity index (χ0v) is 17.9. The Kier molecular flexibility index (Phi) is 7.10. The average Bonchev–Trinajstić information content (AvgIpc) is 2.59. The molecule has 6 nitrogen and oxygen atoms in total. The van der Waals surface area contributed by atoms with Crippen molar-refractivity contribution in [3.05, 3.63) is 29.8 Å². The standard InChI is InChI=1S/C18H27BrN2O4S/c1-18(2,3)25-17(22)21-10-5-4-8-15(21)13-20-26(23,24)16-9-6-7-14(11-16)12-19/h6-7,9,11,15,20H,4-5,8,10,12-13H2,1-3H3/t15-/m0/s1. The number of carbonyl (C=O) groups is 1. The lowest BCUT2D eigenvalue weighted by Gasteiger charge is -2.36. The SMILES string of the molecule is CC(C)(C)OC(=O)N1CCCC[C@H]1CNS(=O)(=O)c1cccc(CBr)c1. The lowest BCUT2D eigenvalue weighted by molar-refractivity contribution is 0.0105. The number of ether oxygens (including phenoxy) is 1. The zero-order valence-electron chi connectivity index (χ0n) is 15.5. The highest BCUT2D eigenvalue weighted by Gasteiger charge is 2.31. The van der Waals surface area contributed by atoms with Gasteiger partial charge in [0.1, 0.15) is 5.60 Å². The van der Waals surface area contributed by atoms with E-state index in [1.807, 2.05) is 26.8 Å². The summed E-state index contributed by atoms with van der Waals surface area (Å²) in [7, 11) is -3.63. The van der Waals surface area contributed by atoms with Gasteiger partial charge in [-0.25, -0.2) is 17.9 Å². The van der Waals surface area contributed by atoms with Crippen LogP contribution in [-0.4, -0.2) is 44.1 Å². The first-order valence-corrected chi connectivity index (χ1v) is 11.4. The predicted molar refractivity (Wildman–Crippen MR) is 105 cm³/mol. The molecule has 0 aromatic heterocycles. The summed E-state index contributed by atoms with van der Waals surface area (Å²) in [6, 6.07) is 6.59. The van der Waals surface area contributed by atoms with Crippen molar-refractivity contribution >= 4 is 32.0 Å². The molecule has 0 radical (unpaired) electrons. The van der Waals surface area contributed by atoms with Crippen molar-refractivity contribution < 1.29 is 17.9 Å². The highest BCUT2D eigenvalue weighted by atomic mass is 79.9. The van der Waals surface area contributed by atoms with E-state index in [9.17, 15) is 13.2 Å². The Bertz CT molecular complexity index is 731. The van der Waals surface area contributed by atoms with Crippen molar-refractivity contribution in [2.24, 2.45) is 0 Å². The number of carbonyl (C=O) groups excluding carboxylic acids is 1. The maximum atomic E-state index is 12.6. The molecule has 1 aromatic carbocycles. The molecule has 1 amide bonds. The molecule has 26 heavy (non-hydrogen) atoms. The Morgan fingerprint density at radius 1 is 1.35 bits per heavy atom. The summed E-state index contributed by atoms with van der Waals surface area (Å²) >= 11 is 3.33. The number of alkyl halides is 1. The van der Waals surface area contributed by atoms with Crippen molar-refractivity contribution in [2.75, 3.05) is 13.1 Å². The second-order valence-electron chi connectivity index (χ2n) is 7.46. The first-order valence-electron chi connectivity index (χ1n) is 8.76. The van der Waals surface area contributed by atoms with Gasteiger partial charge in [-0.3, -0.25) is 0 Å². The minimum absolute atomic E-state index is 0.181.